The Bertz CT molecular complexity index is 1070. The van der Waals surface area contributed by atoms with Crippen LogP contribution in [0.15, 0.2) is 91.0 Å². The molecule has 0 aromatic heterocycles. The molecule has 3 aromatic rings. The number of aliphatic hydroxyl groups is 1. The second-order valence-corrected chi connectivity index (χ2v) is 9.84. The Balaban J connectivity index is 1.40. The van der Waals surface area contributed by atoms with Crippen LogP contribution in [0.4, 0.5) is 0 Å². The average molecular weight is 491 g/mol. The van der Waals surface area contributed by atoms with Gasteiger partial charge in [-0.2, -0.15) is 0 Å². The summed E-state index contributed by atoms with van der Waals surface area (Å²) in [5.41, 5.74) is 3.06. The van der Waals surface area contributed by atoms with Crippen LogP contribution < -0.4 is 0 Å². The van der Waals surface area contributed by atoms with Crippen LogP contribution in [0.5, 0.6) is 0 Å². The summed E-state index contributed by atoms with van der Waals surface area (Å²) in [5, 5.41) is 11.6. The van der Waals surface area contributed by atoms with Crippen molar-refractivity contribution in [2.45, 2.75) is 76.1 Å². The first-order chi connectivity index (χ1) is 17.5. The molecule has 3 aromatic carbocycles. The largest absolute Gasteiger partial charge is 0.387 e. The highest BCUT2D eigenvalue weighted by molar-refractivity contribution is 5.16. The number of hydrogen-bond donors (Lipinski definition) is 1. The molecule has 36 heavy (non-hydrogen) atoms. The molecule has 0 spiro atoms. The third-order valence-electron chi connectivity index (χ3n) is 6.66. The van der Waals surface area contributed by atoms with Crippen LogP contribution in [0.3, 0.4) is 0 Å². The normalized spacial score (nSPS) is 29.1. The number of aliphatic hydroxyl groups excluding tert-OH is 1. The third-order valence-corrected chi connectivity index (χ3v) is 6.66. The zero-order chi connectivity index (χ0) is 25.0. The fourth-order valence-electron chi connectivity index (χ4n) is 4.96. The Morgan fingerprint density at radius 1 is 0.583 bits per heavy atom. The Morgan fingerprint density at radius 2 is 0.944 bits per heavy atom. The van der Waals surface area contributed by atoms with Gasteiger partial charge in [-0.15, -0.1) is 0 Å². The first-order valence-corrected chi connectivity index (χ1v) is 12.5. The second kappa shape index (κ2) is 11.2. The quantitative estimate of drug-likeness (QED) is 0.472. The predicted molar refractivity (Wildman–Crippen MR) is 135 cm³/mol. The molecule has 1 saturated carbocycles. The van der Waals surface area contributed by atoms with Gasteiger partial charge in [0.1, 0.15) is 36.6 Å². The van der Waals surface area contributed by atoms with Crippen LogP contribution in [0.1, 0.15) is 30.5 Å². The number of benzene rings is 3. The molecule has 1 aliphatic heterocycles. The lowest BCUT2D eigenvalue weighted by atomic mass is 9.84. The van der Waals surface area contributed by atoms with E-state index in [2.05, 4.69) is 0 Å². The first-order valence-electron chi connectivity index (χ1n) is 12.5. The molecule has 1 saturated heterocycles. The van der Waals surface area contributed by atoms with Gasteiger partial charge in [-0.3, -0.25) is 0 Å². The summed E-state index contributed by atoms with van der Waals surface area (Å²) in [6, 6.07) is 29.8. The lowest BCUT2D eigenvalue weighted by molar-refractivity contribution is -0.238. The Morgan fingerprint density at radius 3 is 1.39 bits per heavy atom. The second-order valence-electron chi connectivity index (χ2n) is 9.84. The van der Waals surface area contributed by atoms with Crippen molar-refractivity contribution in [1.29, 1.82) is 0 Å². The minimum absolute atomic E-state index is 0.334. The molecule has 6 nitrogen and oxygen atoms in total. The highest BCUT2D eigenvalue weighted by Gasteiger charge is 2.59. The van der Waals surface area contributed by atoms with Crippen LogP contribution in [-0.2, 0) is 43.5 Å². The van der Waals surface area contributed by atoms with Crippen LogP contribution in [0, 0.1) is 0 Å². The van der Waals surface area contributed by atoms with Gasteiger partial charge in [-0.05, 0) is 30.5 Å². The molecule has 1 N–H and O–H groups in total. The summed E-state index contributed by atoms with van der Waals surface area (Å²) in [7, 11) is 0. The van der Waals surface area contributed by atoms with Crippen molar-refractivity contribution in [3.8, 4) is 0 Å². The standard InChI is InChI=1S/C30H34O6/c1-30(2)35-28-26(33-19-22-14-8-4-9-15-22)24(31)25(32-18-21-12-6-3-7-13-21)27(29(28)36-30)34-20-23-16-10-5-11-17-23/h3-17,24-29,31H,18-20H2,1-2H3/t24-,25+,26+,27+,28-,29-/m1/s1. The number of hydrogen-bond acceptors (Lipinski definition) is 6. The van der Waals surface area contributed by atoms with Gasteiger partial charge in [-0.25, -0.2) is 0 Å². The molecule has 0 bridgehead atoms. The maximum Gasteiger partial charge on any atom is 0.164 e. The van der Waals surface area contributed by atoms with E-state index in [9.17, 15) is 5.11 Å². The number of ether oxygens (including phenoxy) is 5. The first kappa shape index (κ1) is 25.1. The molecule has 190 valence electrons. The van der Waals surface area contributed by atoms with E-state index in [0.717, 1.165) is 16.7 Å². The van der Waals surface area contributed by atoms with Gasteiger partial charge < -0.3 is 28.8 Å². The maximum absolute atomic E-state index is 11.6. The monoisotopic (exact) mass is 490 g/mol. The Kier molecular flexibility index (Phi) is 7.82. The molecule has 5 rings (SSSR count). The van der Waals surface area contributed by atoms with E-state index >= 15 is 0 Å². The van der Waals surface area contributed by atoms with Crippen molar-refractivity contribution >= 4 is 0 Å². The van der Waals surface area contributed by atoms with Gasteiger partial charge >= 0.3 is 0 Å². The van der Waals surface area contributed by atoms with Crippen LogP contribution in [-0.4, -0.2) is 47.5 Å². The van der Waals surface area contributed by atoms with Gasteiger partial charge in [0.25, 0.3) is 0 Å². The molecule has 1 heterocycles. The van der Waals surface area contributed by atoms with Crippen molar-refractivity contribution in [3.63, 3.8) is 0 Å². The van der Waals surface area contributed by atoms with Crippen molar-refractivity contribution in [3.05, 3.63) is 108 Å². The Labute approximate surface area is 212 Å². The highest BCUT2D eigenvalue weighted by Crippen LogP contribution is 2.41. The summed E-state index contributed by atoms with van der Waals surface area (Å²) in [6.07, 6.45) is -3.81. The fourth-order valence-corrected chi connectivity index (χ4v) is 4.96. The van der Waals surface area contributed by atoms with E-state index < -0.39 is 42.4 Å². The summed E-state index contributed by atoms with van der Waals surface area (Å²) in [5.74, 6) is -0.841. The van der Waals surface area contributed by atoms with Crippen LogP contribution in [0.2, 0.25) is 0 Å². The molecular formula is C30H34O6. The van der Waals surface area contributed by atoms with Crippen molar-refractivity contribution in [2.75, 3.05) is 0 Å². The molecule has 6 atom stereocenters. The van der Waals surface area contributed by atoms with Crippen molar-refractivity contribution in [1.82, 2.24) is 0 Å². The van der Waals surface area contributed by atoms with Gasteiger partial charge in [0, 0.05) is 0 Å². The molecule has 1 aliphatic carbocycles. The summed E-state index contributed by atoms with van der Waals surface area (Å²) in [6.45, 7) is 4.80. The average Bonchev–Trinajstić information content (AvgIpc) is 3.22. The van der Waals surface area contributed by atoms with Crippen LogP contribution >= 0.6 is 0 Å². The van der Waals surface area contributed by atoms with E-state index in [0.29, 0.717) is 19.8 Å². The lowest BCUT2D eigenvalue weighted by Gasteiger charge is -2.44. The zero-order valence-corrected chi connectivity index (χ0v) is 20.7. The predicted octanol–water partition coefficient (Wildman–Crippen LogP) is 4.64. The van der Waals surface area contributed by atoms with Gasteiger partial charge in [0.15, 0.2) is 5.79 Å². The van der Waals surface area contributed by atoms with E-state index in [1.54, 1.807) is 0 Å². The minimum atomic E-state index is -0.975. The molecule has 2 aliphatic rings. The number of fused-ring (bicyclic) bond motifs is 1. The zero-order valence-electron chi connectivity index (χ0n) is 20.7. The van der Waals surface area contributed by atoms with E-state index in [1.807, 2.05) is 105 Å². The molecule has 0 radical (unpaired) electrons. The highest BCUT2D eigenvalue weighted by atomic mass is 16.8. The van der Waals surface area contributed by atoms with Crippen LogP contribution in [0.25, 0.3) is 0 Å². The molecule has 0 amide bonds. The SMILES string of the molecule is CC1(C)O[C@@H]2[C@@H](OCc3ccccc3)[C@@H](OCc3ccccc3)[C@@H](O)[C@H](OCc3ccccc3)[C@H]2O1. The summed E-state index contributed by atoms with van der Waals surface area (Å²) < 4.78 is 31.7. The maximum atomic E-state index is 11.6. The van der Waals surface area contributed by atoms with E-state index in [1.165, 1.54) is 0 Å². The molecule has 6 heteroatoms. The number of rotatable bonds is 9. The topological polar surface area (TPSA) is 66.4 Å². The van der Waals surface area contributed by atoms with Gasteiger partial charge in [-0.1, -0.05) is 91.0 Å². The molecule has 0 unspecified atom stereocenters. The minimum Gasteiger partial charge on any atom is -0.387 e. The third kappa shape index (κ3) is 5.86. The smallest absolute Gasteiger partial charge is 0.164 e. The van der Waals surface area contributed by atoms with Crippen molar-refractivity contribution < 1.29 is 28.8 Å². The van der Waals surface area contributed by atoms with Crippen molar-refractivity contribution in [2.24, 2.45) is 0 Å². The summed E-state index contributed by atoms with van der Waals surface area (Å²) >= 11 is 0. The molecule has 2 fully saturated rings. The summed E-state index contributed by atoms with van der Waals surface area (Å²) in [4.78, 5) is 0. The lowest BCUT2D eigenvalue weighted by Crippen LogP contribution is -2.64. The molecular weight excluding hydrogens is 456 g/mol. The fraction of sp³-hybridized carbons (Fsp3) is 0.400. The van der Waals surface area contributed by atoms with Gasteiger partial charge in [0.2, 0.25) is 0 Å². The van der Waals surface area contributed by atoms with Gasteiger partial charge in [0.05, 0.1) is 19.8 Å². The van der Waals surface area contributed by atoms with E-state index in [-0.39, 0.29) is 0 Å². The Hall–Kier alpha value is -2.58. The van der Waals surface area contributed by atoms with E-state index in [4.69, 9.17) is 23.7 Å².